The molecule has 1 N–H and O–H groups in total. The van der Waals surface area contributed by atoms with E-state index in [1.54, 1.807) is 12.1 Å². The predicted octanol–water partition coefficient (Wildman–Crippen LogP) is 2.75. The van der Waals surface area contributed by atoms with Crippen LogP contribution in [0.15, 0.2) is 18.2 Å². The average molecular weight is 248 g/mol. The molecule has 18 heavy (non-hydrogen) atoms. The molecular weight excluding hydrogens is 227 g/mol. The van der Waals surface area contributed by atoms with E-state index in [1.807, 2.05) is 6.07 Å². The Balaban J connectivity index is 1.75. The van der Waals surface area contributed by atoms with Crippen LogP contribution in [0.2, 0.25) is 0 Å². The molecule has 3 rings (SSSR count). The fourth-order valence-corrected chi connectivity index (χ4v) is 3.45. The van der Waals surface area contributed by atoms with E-state index >= 15 is 0 Å². The summed E-state index contributed by atoms with van der Waals surface area (Å²) in [6, 6.07) is 5.26. The molecule has 1 saturated heterocycles. The van der Waals surface area contributed by atoms with Gasteiger partial charge in [-0.25, -0.2) is 4.39 Å². The molecule has 0 radical (unpaired) electrons. The molecule has 0 aliphatic carbocycles. The van der Waals surface area contributed by atoms with Gasteiger partial charge in [0.2, 0.25) is 0 Å². The minimum Gasteiger partial charge on any atom is -0.374 e. The van der Waals surface area contributed by atoms with Gasteiger partial charge in [0.25, 0.3) is 0 Å². The first-order chi connectivity index (χ1) is 8.74. The van der Waals surface area contributed by atoms with E-state index in [0.29, 0.717) is 5.92 Å². The van der Waals surface area contributed by atoms with E-state index in [1.165, 1.54) is 31.4 Å². The third-order valence-electron chi connectivity index (χ3n) is 4.35. The summed E-state index contributed by atoms with van der Waals surface area (Å²) >= 11 is 0. The highest BCUT2D eigenvalue weighted by molar-refractivity contribution is 5.59. The first-order valence-electron chi connectivity index (χ1n) is 6.95. The molecular formula is C15H21FN2. The minimum absolute atomic E-state index is 0.124. The van der Waals surface area contributed by atoms with Crippen molar-refractivity contribution in [3.05, 3.63) is 29.6 Å². The van der Waals surface area contributed by atoms with Gasteiger partial charge < -0.3 is 10.2 Å². The van der Waals surface area contributed by atoms with Crippen molar-refractivity contribution in [2.45, 2.75) is 25.2 Å². The summed E-state index contributed by atoms with van der Waals surface area (Å²) in [7, 11) is 2.07. The van der Waals surface area contributed by atoms with Gasteiger partial charge in [-0.05, 0) is 56.0 Å². The second-order valence-corrected chi connectivity index (χ2v) is 5.73. The Hall–Kier alpha value is -1.09. The second kappa shape index (κ2) is 4.88. The number of likely N-dealkylation sites (N-methyl/N-ethyl adjacent to an activating group) is 1. The van der Waals surface area contributed by atoms with Crippen LogP contribution in [0.4, 0.5) is 10.1 Å². The second-order valence-electron chi connectivity index (χ2n) is 5.73. The predicted molar refractivity (Wildman–Crippen MR) is 72.6 cm³/mol. The molecule has 1 aromatic carbocycles. The molecule has 0 bridgehead atoms. The van der Waals surface area contributed by atoms with Gasteiger partial charge in [0, 0.05) is 25.2 Å². The molecule has 98 valence electrons. The molecule has 2 heterocycles. The van der Waals surface area contributed by atoms with Crippen LogP contribution in [0.3, 0.4) is 0 Å². The molecule has 0 aromatic heterocycles. The number of nitrogens with one attached hydrogen (secondary N) is 1. The lowest BCUT2D eigenvalue weighted by molar-refractivity contribution is 0.339. The van der Waals surface area contributed by atoms with Crippen molar-refractivity contribution in [2.75, 3.05) is 31.6 Å². The lowest BCUT2D eigenvalue weighted by Crippen LogP contribution is -2.31. The van der Waals surface area contributed by atoms with Crippen molar-refractivity contribution in [3.8, 4) is 0 Å². The number of fused-ring (bicyclic) bond motifs is 1. The fourth-order valence-electron chi connectivity index (χ4n) is 3.45. The van der Waals surface area contributed by atoms with Crippen molar-refractivity contribution in [2.24, 2.45) is 5.92 Å². The van der Waals surface area contributed by atoms with Crippen molar-refractivity contribution in [3.63, 3.8) is 0 Å². The molecule has 1 aromatic rings. The molecule has 2 aliphatic heterocycles. The molecule has 1 fully saturated rings. The minimum atomic E-state index is -0.124. The smallest absolute Gasteiger partial charge is 0.125 e. The number of anilines is 1. The Morgan fingerprint density at radius 3 is 3.11 bits per heavy atom. The van der Waals surface area contributed by atoms with Gasteiger partial charge in [-0.2, -0.15) is 0 Å². The lowest BCUT2D eigenvalue weighted by atomic mass is 9.86. The molecule has 2 nitrogen and oxygen atoms in total. The Morgan fingerprint density at radius 2 is 2.33 bits per heavy atom. The number of hydrogen-bond acceptors (Lipinski definition) is 2. The van der Waals surface area contributed by atoms with Gasteiger partial charge in [-0.1, -0.05) is 6.07 Å². The van der Waals surface area contributed by atoms with Crippen LogP contribution in [0.25, 0.3) is 0 Å². The SMILES string of the molecule is CN1CC(C[C@@H]2CCCNC2)c2ccc(F)cc21. The molecule has 3 heteroatoms. The van der Waals surface area contributed by atoms with Crippen molar-refractivity contribution in [1.82, 2.24) is 5.32 Å². The Morgan fingerprint density at radius 1 is 1.44 bits per heavy atom. The summed E-state index contributed by atoms with van der Waals surface area (Å²) in [5.41, 5.74) is 2.42. The van der Waals surface area contributed by atoms with Crippen molar-refractivity contribution >= 4 is 5.69 Å². The van der Waals surface area contributed by atoms with Gasteiger partial charge in [-0.15, -0.1) is 0 Å². The number of hydrogen-bond donors (Lipinski definition) is 1. The summed E-state index contributed by atoms with van der Waals surface area (Å²) in [4.78, 5) is 2.19. The first kappa shape index (κ1) is 12.0. The maximum atomic E-state index is 13.3. The van der Waals surface area contributed by atoms with Crippen LogP contribution in [-0.4, -0.2) is 26.7 Å². The molecule has 0 amide bonds. The number of benzene rings is 1. The summed E-state index contributed by atoms with van der Waals surface area (Å²) in [5, 5.41) is 3.48. The zero-order valence-corrected chi connectivity index (χ0v) is 11.0. The van der Waals surface area contributed by atoms with Crippen LogP contribution in [0.1, 0.15) is 30.7 Å². The fraction of sp³-hybridized carbons (Fsp3) is 0.600. The number of rotatable bonds is 2. The van der Waals surface area contributed by atoms with Crippen LogP contribution >= 0.6 is 0 Å². The Labute approximate surface area is 108 Å². The quantitative estimate of drug-likeness (QED) is 0.865. The zero-order chi connectivity index (χ0) is 12.5. The van der Waals surface area contributed by atoms with Gasteiger partial charge in [0.15, 0.2) is 0 Å². The summed E-state index contributed by atoms with van der Waals surface area (Å²) in [5.74, 6) is 1.24. The zero-order valence-electron chi connectivity index (χ0n) is 11.0. The van der Waals surface area contributed by atoms with Crippen molar-refractivity contribution in [1.29, 1.82) is 0 Å². The average Bonchev–Trinajstić information content (AvgIpc) is 2.67. The van der Waals surface area contributed by atoms with E-state index in [2.05, 4.69) is 17.3 Å². The van der Waals surface area contributed by atoms with Crippen LogP contribution in [-0.2, 0) is 0 Å². The largest absolute Gasteiger partial charge is 0.374 e. The number of nitrogens with zero attached hydrogens (tertiary/aromatic N) is 1. The lowest BCUT2D eigenvalue weighted by Gasteiger charge is -2.25. The van der Waals surface area contributed by atoms with Crippen molar-refractivity contribution < 1.29 is 4.39 Å². The Bertz CT molecular complexity index is 427. The molecule has 0 saturated carbocycles. The number of piperidine rings is 1. The highest BCUT2D eigenvalue weighted by Crippen LogP contribution is 2.39. The summed E-state index contributed by atoms with van der Waals surface area (Å²) < 4.78 is 13.3. The standard InChI is InChI=1S/C15H21FN2/c1-18-10-12(7-11-3-2-6-17-9-11)14-5-4-13(16)8-15(14)18/h4-5,8,11-12,17H,2-3,6-7,9-10H2,1H3/t11-,12?/m0/s1. The normalized spacial score (nSPS) is 27.3. The van der Waals surface area contributed by atoms with Gasteiger partial charge in [-0.3, -0.25) is 0 Å². The van der Waals surface area contributed by atoms with E-state index in [4.69, 9.17) is 0 Å². The number of halogens is 1. The first-order valence-corrected chi connectivity index (χ1v) is 6.95. The third-order valence-corrected chi connectivity index (χ3v) is 4.35. The topological polar surface area (TPSA) is 15.3 Å². The van der Waals surface area contributed by atoms with E-state index in [0.717, 1.165) is 24.7 Å². The van der Waals surface area contributed by atoms with E-state index < -0.39 is 0 Å². The summed E-state index contributed by atoms with van der Waals surface area (Å²) in [6.07, 6.45) is 3.86. The van der Waals surface area contributed by atoms with Crippen LogP contribution in [0.5, 0.6) is 0 Å². The van der Waals surface area contributed by atoms with Gasteiger partial charge in [0.05, 0.1) is 0 Å². The molecule has 1 unspecified atom stereocenters. The van der Waals surface area contributed by atoms with E-state index in [9.17, 15) is 4.39 Å². The molecule has 0 spiro atoms. The maximum absolute atomic E-state index is 13.3. The third kappa shape index (κ3) is 2.24. The highest BCUT2D eigenvalue weighted by Gasteiger charge is 2.29. The summed E-state index contributed by atoms with van der Waals surface area (Å²) in [6.45, 7) is 3.36. The Kier molecular flexibility index (Phi) is 3.25. The van der Waals surface area contributed by atoms with Crippen LogP contribution in [0, 0.1) is 11.7 Å². The maximum Gasteiger partial charge on any atom is 0.125 e. The van der Waals surface area contributed by atoms with Gasteiger partial charge >= 0.3 is 0 Å². The van der Waals surface area contributed by atoms with Gasteiger partial charge in [0.1, 0.15) is 5.82 Å². The highest BCUT2D eigenvalue weighted by atomic mass is 19.1. The molecule has 2 aliphatic rings. The monoisotopic (exact) mass is 248 g/mol. The van der Waals surface area contributed by atoms with Crippen LogP contribution < -0.4 is 10.2 Å². The molecule has 2 atom stereocenters. The van der Waals surface area contributed by atoms with E-state index in [-0.39, 0.29) is 5.82 Å².